The molecule has 0 bridgehead atoms. The minimum atomic E-state index is 0.662. The third-order valence-corrected chi connectivity index (χ3v) is 9.40. The highest BCUT2D eigenvalue weighted by molar-refractivity contribution is 6.21. The van der Waals surface area contributed by atoms with Gasteiger partial charge in [0.15, 0.2) is 5.82 Å². The Hall–Kier alpha value is -6.72. The van der Waals surface area contributed by atoms with Gasteiger partial charge in [0.25, 0.3) is 0 Å². The zero-order valence-electron chi connectivity index (χ0n) is 26.4. The van der Waals surface area contributed by atoms with Gasteiger partial charge < -0.3 is 13.9 Å². The van der Waals surface area contributed by atoms with Crippen LogP contribution in [0.1, 0.15) is 0 Å². The Bertz CT molecular complexity index is 2780. The molecule has 0 amide bonds. The molecule has 0 spiro atoms. The summed E-state index contributed by atoms with van der Waals surface area (Å²) in [7, 11) is 0. The van der Waals surface area contributed by atoms with E-state index < -0.39 is 0 Å². The molecule has 230 valence electrons. The molecule has 0 radical (unpaired) electrons. The number of hydrogen-bond donors (Lipinski definition) is 0. The number of hydrogen-bond acceptors (Lipinski definition) is 4. The van der Waals surface area contributed by atoms with Crippen molar-refractivity contribution in [2.24, 2.45) is 0 Å². The van der Waals surface area contributed by atoms with Gasteiger partial charge in [-0.2, -0.15) is 0 Å². The molecule has 0 aliphatic heterocycles. The second-order valence-electron chi connectivity index (χ2n) is 12.3. The zero-order chi connectivity index (χ0) is 32.3. The van der Waals surface area contributed by atoms with Crippen LogP contribution in [0.25, 0.3) is 71.7 Å². The summed E-state index contributed by atoms with van der Waals surface area (Å²) in [5, 5.41) is 5.24. The minimum Gasteiger partial charge on any atom is -0.455 e. The monoisotopic (exact) mass is 628 g/mol. The number of furan rings is 1. The van der Waals surface area contributed by atoms with E-state index >= 15 is 0 Å². The topological polar surface area (TPSA) is 47.1 Å². The van der Waals surface area contributed by atoms with Crippen molar-refractivity contribution in [1.82, 2.24) is 14.5 Å². The summed E-state index contributed by atoms with van der Waals surface area (Å²) in [6.45, 7) is 0. The van der Waals surface area contributed by atoms with E-state index in [2.05, 4.69) is 155 Å². The molecular weight excluding hydrogens is 601 g/mol. The highest BCUT2D eigenvalue weighted by atomic mass is 16.3. The Morgan fingerprint density at radius 2 is 1.18 bits per heavy atom. The fourth-order valence-electron chi connectivity index (χ4n) is 7.24. The Morgan fingerprint density at radius 3 is 1.94 bits per heavy atom. The summed E-state index contributed by atoms with van der Waals surface area (Å²) in [5.41, 5.74) is 9.84. The molecule has 3 aromatic heterocycles. The summed E-state index contributed by atoms with van der Waals surface area (Å²) < 4.78 is 8.96. The number of para-hydroxylation sites is 4. The summed E-state index contributed by atoms with van der Waals surface area (Å²) >= 11 is 0. The lowest BCUT2D eigenvalue weighted by atomic mass is 9.99. The highest BCUT2D eigenvalue weighted by Gasteiger charge is 2.22. The quantitative estimate of drug-likeness (QED) is 0.190. The van der Waals surface area contributed by atoms with Gasteiger partial charge in [-0.1, -0.05) is 97.1 Å². The van der Waals surface area contributed by atoms with Gasteiger partial charge in [0, 0.05) is 49.9 Å². The molecule has 0 saturated heterocycles. The molecule has 49 heavy (non-hydrogen) atoms. The number of rotatable bonds is 5. The molecule has 0 atom stereocenters. The first kappa shape index (κ1) is 27.4. The van der Waals surface area contributed by atoms with Crippen LogP contribution in [-0.4, -0.2) is 14.5 Å². The van der Waals surface area contributed by atoms with Crippen LogP contribution in [-0.2, 0) is 0 Å². The third-order valence-electron chi connectivity index (χ3n) is 9.40. The van der Waals surface area contributed by atoms with Crippen molar-refractivity contribution in [2.75, 3.05) is 4.90 Å². The van der Waals surface area contributed by atoms with E-state index in [0.29, 0.717) is 5.82 Å². The average molecular weight is 629 g/mol. The molecule has 7 aromatic carbocycles. The molecule has 0 N–H and O–H groups in total. The summed E-state index contributed by atoms with van der Waals surface area (Å²) in [6, 6.07) is 56.8. The van der Waals surface area contributed by atoms with E-state index in [9.17, 15) is 0 Å². The minimum absolute atomic E-state index is 0.662. The van der Waals surface area contributed by atoms with Crippen molar-refractivity contribution < 1.29 is 4.42 Å². The maximum Gasteiger partial charge on any atom is 0.160 e. The molecule has 0 saturated carbocycles. The van der Waals surface area contributed by atoms with Crippen molar-refractivity contribution in [3.8, 4) is 17.1 Å². The van der Waals surface area contributed by atoms with Crippen LogP contribution < -0.4 is 4.90 Å². The van der Waals surface area contributed by atoms with Crippen LogP contribution in [0.4, 0.5) is 17.1 Å². The lowest BCUT2D eigenvalue weighted by molar-refractivity contribution is 0.672. The summed E-state index contributed by atoms with van der Waals surface area (Å²) in [6.07, 6.45) is 1.96. The van der Waals surface area contributed by atoms with E-state index in [-0.39, 0.29) is 0 Å². The SMILES string of the molecule is c1ccc(N(c2ccccc2)c2ccc3oc4c5ccccc5cc(-c5ncc6c(n5)c5ccccc5n6-c5ccccc5)c4c3c2)cc1. The molecule has 0 aliphatic rings. The van der Waals surface area contributed by atoms with Gasteiger partial charge in [-0.05, 0) is 72.1 Å². The molecule has 5 heteroatoms. The molecule has 10 aromatic rings. The number of aromatic nitrogens is 3. The molecule has 0 fully saturated rings. The van der Waals surface area contributed by atoms with Crippen molar-refractivity contribution in [3.63, 3.8) is 0 Å². The molecule has 0 aliphatic carbocycles. The molecule has 3 heterocycles. The fraction of sp³-hybridized carbons (Fsp3) is 0. The average Bonchev–Trinajstić information content (AvgIpc) is 3.72. The van der Waals surface area contributed by atoms with E-state index in [0.717, 1.165) is 83.0 Å². The molecule has 10 rings (SSSR count). The highest BCUT2D eigenvalue weighted by Crippen LogP contribution is 2.44. The number of anilines is 3. The van der Waals surface area contributed by atoms with Crippen molar-refractivity contribution >= 4 is 71.7 Å². The van der Waals surface area contributed by atoms with Gasteiger partial charge in [-0.25, -0.2) is 9.97 Å². The maximum absolute atomic E-state index is 6.72. The first-order valence-electron chi connectivity index (χ1n) is 16.4. The number of benzene rings is 7. The van der Waals surface area contributed by atoms with Crippen LogP contribution in [0, 0.1) is 0 Å². The summed E-state index contributed by atoms with van der Waals surface area (Å²) in [4.78, 5) is 12.7. The Labute approximate surface area is 281 Å². The lowest BCUT2D eigenvalue weighted by Gasteiger charge is -2.25. The molecular formula is C44H28N4O. The van der Waals surface area contributed by atoms with Crippen molar-refractivity contribution in [1.29, 1.82) is 0 Å². The Morgan fingerprint density at radius 1 is 0.531 bits per heavy atom. The zero-order valence-corrected chi connectivity index (χ0v) is 26.4. The van der Waals surface area contributed by atoms with Gasteiger partial charge >= 0.3 is 0 Å². The van der Waals surface area contributed by atoms with Gasteiger partial charge in [-0.15, -0.1) is 0 Å². The predicted molar refractivity (Wildman–Crippen MR) is 201 cm³/mol. The predicted octanol–water partition coefficient (Wildman–Crippen LogP) is 11.8. The van der Waals surface area contributed by atoms with E-state index in [1.807, 2.05) is 24.4 Å². The van der Waals surface area contributed by atoms with Crippen molar-refractivity contribution in [2.45, 2.75) is 0 Å². The standard InChI is InChI=1S/C44H28N4O/c1-4-15-30(16-5-1)47(31-17-6-2-7-18-31)33-24-25-40-36(27-33)41-37(26-29-14-10-11-21-34(29)43(41)49-40)44-45-28-39-42(46-44)35-22-12-13-23-38(35)48(39)32-19-8-3-9-20-32/h1-28H. The normalized spacial score (nSPS) is 11.7. The first-order chi connectivity index (χ1) is 24.3. The van der Waals surface area contributed by atoms with Gasteiger partial charge in [0.1, 0.15) is 16.7 Å². The first-order valence-corrected chi connectivity index (χ1v) is 16.4. The Kier molecular flexibility index (Phi) is 6.11. The van der Waals surface area contributed by atoms with E-state index in [1.54, 1.807) is 0 Å². The Balaban J connectivity index is 1.25. The summed E-state index contributed by atoms with van der Waals surface area (Å²) in [5.74, 6) is 0.662. The second kappa shape index (κ2) is 10.9. The molecule has 0 unspecified atom stereocenters. The van der Waals surface area contributed by atoms with Crippen molar-refractivity contribution in [3.05, 3.63) is 170 Å². The van der Waals surface area contributed by atoms with Crippen LogP contribution in [0.15, 0.2) is 174 Å². The molecule has 5 nitrogen and oxygen atoms in total. The van der Waals surface area contributed by atoms with Gasteiger partial charge in [-0.3, -0.25) is 0 Å². The van der Waals surface area contributed by atoms with Crippen LogP contribution in [0.3, 0.4) is 0 Å². The smallest absolute Gasteiger partial charge is 0.160 e. The maximum atomic E-state index is 6.72. The fourth-order valence-corrected chi connectivity index (χ4v) is 7.24. The van der Waals surface area contributed by atoms with Gasteiger partial charge in [0.2, 0.25) is 0 Å². The number of fused-ring (bicyclic) bond motifs is 8. The van der Waals surface area contributed by atoms with Gasteiger partial charge in [0.05, 0.1) is 17.2 Å². The number of nitrogens with zero attached hydrogens (tertiary/aromatic N) is 4. The lowest BCUT2D eigenvalue weighted by Crippen LogP contribution is -2.09. The van der Waals surface area contributed by atoms with Crippen LogP contribution in [0.2, 0.25) is 0 Å². The van der Waals surface area contributed by atoms with Crippen LogP contribution in [0.5, 0.6) is 0 Å². The van der Waals surface area contributed by atoms with E-state index in [4.69, 9.17) is 14.4 Å². The van der Waals surface area contributed by atoms with E-state index in [1.165, 1.54) is 0 Å². The largest absolute Gasteiger partial charge is 0.455 e. The third kappa shape index (κ3) is 4.33. The second-order valence-corrected chi connectivity index (χ2v) is 12.3. The van der Waals surface area contributed by atoms with Crippen LogP contribution >= 0.6 is 0 Å².